The first-order chi connectivity index (χ1) is 15.3. The molecule has 0 heterocycles. The van der Waals surface area contributed by atoms with Crippen molar-refractivity contribution in [3.05, 3.63) is 53.6 Å². The van der Waals surface area contributed by atoms with Crippen molar-refractivity contribution < 1.29 is 23.8 Å². The fourth-order valence-electron chi connectivity index (χ4n) is 2.83. The van der Waals surface area contributed by atoms with Gasteiger partial charge in [-0.15, -0.1) is 11.8 Å². The molecule has 2 unspecified atom stereocenters. The average molecular weight is 461 g/mol. The van der Waals surface area contributed by atoms with Gasteiger partial charge in [-0.2, -0.15) is 0 Å². The van der Waals surface area contributed by atoms with Crippen LogP contribution in [0.3, 0.4) is 0 Å². The van der Waals surface area contributed by atoms with E-state index in [1.54, 1.807) is 21.1 Å². The van der Waals surface area contributed by atoms with E-state index in [-0.39, 0.29) is 28.9 Å². The summed E-state index contributed by atoms with van der Waals surface area (Å²) < 4.78 is 16.1. The molecule has 0 bridgehead atoms. The summed E-state index contributed by atoms with van der Waals surface area (Å²) in [7, 11) is 3.19. The highest BCUT2D eigenvalue weighted by Crippen LogP contribution is 2.30. The Morgan fingerprint density at radius 2 is 1.72 bits per heavy atom. The molecule has 2 atom stereocenters. The van der Waals surface area contributed by atoms with Crippen molar-refractivity contribution in [3.63, 3.8) is 0 Å². The van der Waals surface area contributed by atoms with Gasteiger partial charge in [-0.05, 0) is 50.6 Å². The van der Waals surface area contributed by atoms with E-state index in [2.05, 4.69) is 10.6 Å². The van der Waals surface area contributed by atoms with E-state index in [0.717, 1.165) is 16.8 Å². The highest BCUT2D eigenvalue weighted by atomic mass is 32.2. The Labute approximate surface area is 194 Å². The van der Waals surface area contributed by atoms with E-state index in [0.29, 0.717) is 24.7 Å². The number of benzene rings is 2. The van der Waals surface area contributed by atoms with E-state index < -0.39 is 0 Å². The van der Waals surface area contributed by atoms with Gasteiger partial charge < -0.3 is 24.8 Å². The van der Waals surface area contributed by atoms with E-state index in [1.165, 1.54) is 11.8 Å². The number of carbonyl (C=O) groups excluding carboxylic acids is 2. The molecule has 0 aliphatic carbocycles. The molecular formula is C24H32N2O5S. The van der Waals surface area contributed by atoms with Crippen LogP contribution in [-0.2, 0) is 14.3 Å². The zero-order valence-corrected chi connectivity index (χ0v) is 20.1. The first-order valence-electron chi connectivity index (χ1n) is 10.4. The Bertz CT molecular complexity index is 888. The van der Waals surface area contributed by atoms with Gasteiger partial charge in [-0.25, -0.2) is 0 Å². The van der Waals surface area contributed by atoms with Gasteiger partial charge in [0.05, 0.1) is 30.8 Å². The minimum absolute atomic E-state index is 0.134. The Morgan fingerprint density at radius 3 is 2.38 bits per heavy atom. The summed E-state index contributed by atoms with van der Waals surface area (Å²) >= 11 is 1.29. The Balaban J connectivity index is 1.85. The van der Waals surface area contributed by atoms with Crippen LogP contribution in [0.15, 0.2) is 42.5 Å². The van der Waals surface area contributed by atoms with Gasteiger partial charge >= 0.3 is 0 Å². The minimum Gasteiger partial charge on any atom is -0.493 e. The number of nitrogens with one attached hydrogen (secondary N) is 2. The molecular weight excluding hydrogens is 428 g/mol. The lowest BCUT2D eigenvalue weighted by molar-refractivity contribution is -0.120. The highest BCUT2D eigenvalue weighted by molar-refractivity contribution is 8.01. The fraction of sp³-hybridized carbons (Fsp3) is 0.417. The van der Waals surface area contributed by atoms with Gasteiger partial charge in [0.15, 0.2) is 11.5 Å². The predicted octanol–water partition coefficient (Wildman–Crippen LogP) is 3.97. The number of amides is 2. The number of hydrogen-bond acceptors (Lipinski definition) is 6. The molecule has 0 spiro atoms. The summed E-state index contributed by atoms with van der Waals surface area (Å²) in [5.41, 5.74) is 2.77. The van der Waals surface area contributed by atoms with Gasteiger partial charge in [0.1, 0.15) is 6.61 Å². The topological polar surface area (TPSA) is 85.9 Å². The third-order valence-corrected chi connectivity index (χ3v) is 5.90. The first-order valence-corrected chi connectivity index (χ1v) is 11.5. The summed E-state index contributed by atoms with van der Waals surface area (Å²) in [6.07, 6.45) is 0. The van der Waals surface area contributed by atoms with E-state index in [1.807, 2.05) is 56.3 Å². The van der Waals surface area contributed by atoms with E-state index in [9.17, 15) is 9.59 Å². The predicted molar refractivity (Wildman–Crippen MR) is 129 cm³/mol. The smallest absolute Gasteiger partial charge is 0.234 e. The van der Waals surface area contributed by atoms with Crippen LogP contribution in [0.2, 0.25) is 0 Å². The maximum Gasteiger partial charge on any atom is 0.234 e. The second-order valence-electron chi connectivity index (χ2n) is 7.35. The molecule has 2 amide bonds. The quantitative estimate of drug-likeness (QED) is 0.466. The molecule has 7 nitrogen and oxygen atoms in total. The van der Waals surface area contributed by atoms with Crippen LogP contribution in [-0.4, -0.2) is 50.3 Å². The number of anilines is 1. The lowest BCUT2D eigenvalue weighted by Gasteiger charge is -2.19. The number of hydrogen-bond donors (Lipinski definition) is 2. The molecule has 0 aromatic heterocycles. The summed E-state index contributed by atoms with van der Waals surface area (Å²) in [5.74, 6) is 1.13. The lowest BCUT2D eigenvalue weighted by atomic mass is 10.1. The maximum absolute atomic E-state index is 12.6. The van der Waals surface area contributed by atoms with Gasteiger partial charge in [-0.1, -0.05) is 23.8 Å². The van der Waals surface area contributed by atoms with Crippen LogP contribution in [0.5, 0.6) is 11.5 Å². The van der Waals surface area contributed by atoms with Crippen molar-refractivity contribution in [2.45, 2.75) is 32.1 Å². The summed E-state index contributed by atoms with van der Waals surface area (Å²) in [6, 6.07) is 12.9. The zero-order valence-electron chi connectivity index (χ0n) is 19.3. The standard InChI is InChI=1S/C24H32N2O5S/c1-16-6-9-20(10-7-16)26-23(27)15-32-18(3)24(28)25-17(2)19-8-11-21(22(14-19)30-5)31-13-12-29-4/h6-11,14,17-18H,12-13,15H2,1-5H3,(H,25,28)(H,26,27). The van der Waals surface area contributed by atoms with Gasteiger partial charge in [0, 0.05) is 12.8 Å². The Kier molecular flexibility index (Phi) is 10.4. The average Bonchev–Trinajstić information content (AvgIpc) is 2.79. The third kappa shape index (κ3) is 8.09. The maximum atomic E-state index is 12.6. The summed E-state index contributed by atoms with van der Waals surface area (Å²) in [6.45, 7) is 6.59. The molecule has 8 heteroatoms. The number of methoxy groups -OCH3 is 2. The van der Waals surface area contributed by atoms with Crippen molar-refractivity contribution >= 4 is 29.3 Å². The number of carbonyl (C=O) groups is 2. The van der Waals surface area contributed by atoms with Gasteiger partial charge in [-0.3, -0.25) is 9.59 Å². The minimum atomic E-state index is -0.375. The Morgan fingerprint density at radius 1 is 1.00 bits per heavy atom. The molecule has 2 N–H and O–H groups in total. The molecule has 2 rings (SSSR count). The second-order valence-corrected chi connectivity index (χ2v) is 8.68. The van der Waals surface area contributed by atoms with Crippen LogP contribution in [0.25, 0.3) is 0 Å². The van der Waals surface area contributed by atoms with Crippen LogP contribution in [0, 0.1) is 6.92 Å². The number of aryl methyl sites for hydroxylation is 1. The first kappa shape index (κ1) is 25.5. The number of ether oxygens (including phenoxy) is 3. The fourth-order valence-corrected chi connectivity index (χ4v) is 3.53. The second kappa shape index (κ2) is 13.0. The monoisotopic (exact) mass is 460 g/mol. The Hall–Kier alpha value is -2.71. The largest absolute Gasteiger partial charge is 0.493 e. The molecule has 0 saturated heterocycles. The highest BCUT2D eigenvalue weighted by Gasteiger charge is 2.19. The molecule has 0 fully saturated rings. The number of thioether (sulfide) groups is 1. The van der Waals surface area contributed by atoms with Crippen LogP contribution >= 0.6 is 11.8 Å². The summed E-state index contributed by atoms with van der Waals surface area (Å²) in [5, 5.41) is 5.46. The van der Waals surface area contributed by atoms with Crippen LogP contribution in [0.4, 0.5) is 5.69 Å². The molecule has 0 radical (unpaired) electrons. The van der Waals surface area contributed by atoms with Crippen molar-refractivity contribution in [2.75, 3.05) is 38.5 Å². The summed E-state index contributed by atoms with van der Waals surface area (Å²) in [4.78, 5) is 24.8. The molecule has 0 aliphatic rings. The van der Waals surface area contributed by atoms with Crippen LogP contribution < -0.4 is 20.1 Å². The van der Waals surface area contributed by atoms with Crippen molar-refractivity contribution in [3.8, 4) is 11.5 Å². The molecule has 2 aromatic carbocycles. The number of rotatable bonds is 12. The van der Waals surface area contributed by atoms with Gasteiger partial charge in [0.25, 0.3) is 0 Å². The normalized spacial score (nSPS) is 12.5. The van der Waals surface area contributed by atoms with Crippen molar-refractivity contribution in [2.24, 2.45) is 0 Å². The van der Waals surface area contributed by atoms with Gasteiger partial charge in [0.2, 0.25) is 11.8 Å². The van der Waals surface area contributed by atoms with Crippen LogP contribution in [0.1, 0.15) is 31.0 Å². The van der Waals surface area contributed by atoms with E-state index >= 15 is 0 Å². The van der Waals surface area contributed by atoms with E-state index in [4.69, 9.17) is 14.2 Å². The van der Waals surface area contributed by atoms with Crippen molar-refractivity contribution in [1.82, 2.24) is 5.32 Å². The SMILES string of the molecule is COCCOc1ccc(C(C)NC(=O)C(C)SCC(=O)Nc2ccc(C)cc2)cc1OC. The molecule has 0 saturated carbocycles. The molecule has 0 aliphatic heterocycles. The third-order valence-electron chi connectivity index (χ3n) is 4.76. The zero-order chi connectivity index (χ0) is 23.5. The lowest BCUT2D eigenvalue weighted by Crippen LogP contribution is -2.33. The molecule has 174 valence electrons. The molecule has 32 heavy (non-hydrogen) atoms. The molecule has 2 aromatic rings. The van der Waals surface area contributed by atoms with Crippen molar-refractivity contribution in [1.29, 1.82) is 0 Å².